The Morgan fingerprint density at radius 1 is 1.17 bits per heavy atom. The van der Waals surface area contributed by atoms with E-state index in [-0.39, 0.29) is 24.8 Å². The van der Waals surface area contributed by atoms with E-state index in [2.05, 4.69) is 5.32 Å². The van der Waals surface area contributed by atoms with E-state index < -0.39 is 5.91 Å². The van der Waals surface area contributed by atoms with Crippen molar-refractivity contribution in [1.29, 1.82) is 0 Å². The molecule has 2 aromatic carbocycles. The molecule has 4 nitrogen and oxygen atoms in total. The molecule has 0 heterocycles. The van der Waals surface area contributed by atoms with Gasteiger partial charge in [0, 0.05) is 23.7 Å². The maximum atomic E-state index is 12.8. The molecule has 1 amide bonds. The number of ether oxygens (including phenoxy) is 1. The third kappa shape index (κ3) is 6.44. The molecular formula is C16H17Cl2FN2O2. The van der Waals surface area contributed by atoms with Gasteiger partial charge >= 0.3 is 0 Å². The highest BCUT2D eigenvalue weighted by atomic mass is 35.5. The van der Waals surface area contributed by atoms with E-state index in [4.69, 9.17) is 22.1 Å². The van der Waals surface area contributed by atoms with Crippen molar-refractivity contribution < 1.29 is 13.9 Å². The van der Waals surface area contributed by atoms with Crippen LogP contribution in [0.1, 0.15) is 11.1 Å². The Labute approximate surface area is 145 Å². The average Bonchev–Trinajstić information content (AvgIpc) is 2.48. The molecule has 7 heteroatoms. The van der Waals surface area contributed by atoms with Crippen molar-refractivity contribution in [3.63, 3.8) is 0 Å². The number of hydrogen-bond acceptors (Lipinski definition) is 3. The number of primary amides is 1. The molecule has 0 aromatic heterocycles. The highest BCUT2D eigenvalue weighted by Gasteiger charge is 2.06. The first-order chi connectivity index (χ1) is 10.5. The summed E-state index contributed by atoms with van der Waals surface area (Å²) >= 11 is 5.98. The summed E-state index contributed by atoms with van der Waals surface area (Å²) in [5.41, 5.74) is 6.85. The van der Waals surface area contributed by atoms with Crippen molar-refractivity contribution in [3.8, 4) is 5.75 Å². The number of amides is 1. The Morgan fingerprint density at radius 2 is 1.87 bits per heavy atom. The van der Waals surface area contributed by atoms with Crippen LogP contribution < -0.4 is 15.8 Å². The molecule has 0 unspecified atom stereocenters. The third-order valence-electron chi connectivity index (χ3n) is 2.95. The predicted molar refractivity (Wildman–Crippen MR) is 90.3 cm³/mol. The fraction of sp³-hybridized carbons (Fsp3) is 0.188. The van der Waals surface area contributed by atoms with Gasteiger partial charge in [-0.25, -0.2) is 4.39 Å². The molecule has 0 aliphatic carbocycles. The first kappa shape index (κ1) is 19.2. The van der Waals surface area contributed by atoms with Gasteiger partial charge in [-0.3, -0.25) is 4.79 Å². The summed E-state index contributed by atoms with van der Waals surface area (Å²) < 4.78 is 18.2. The number of nitrogens with two attached hydrogens (primary N) is 1. The van der Waals surface area contributed by atoms with Gasteiger partial charge < -0.3 is 15.8 Å². The van der Waals surface area contributed by atoms with Gasteiger partial charge in [-0.05, 0) is 35.9 Å². The summed E-state index contributed by atoms with van der Waals surface area (Å²) in [6, 6.07) is 11.4. The molecule has 0 saturated carbocycles. The number of carbonyl (C=O) groups excluding carboxylic acids is 1. The van der Waals surface area contributed by atoms with Gasteiger partial charge in [0.05, 0.1) is 0 Å². The molecule has 23 heavy (non-hydrogen) atoms. The van der Waals surface area contributed by atoms with Gasteiger partial charge in [0.15, 0.2) is 6.61 Å². The normalized spacial score (nSPS) is 10.0. The lowest BCUT2D eigenvalue weighted by Gasteiger charge is -2.12. The van der Waals surface area contributed by atoms with Gasteiger partial charge in [0.1, 0.15) is 11.6 Å². The SMILES string of the molecule is Cl.NC(=O)COc1ccc(Cl)cc1CNCc1ccc(F)cc1. The number of hydrogen-bond donors (Lipinski definition) is 2. The largest absolute Gasteiger partial charge is 0.483 e. The number of halogens is 3. The molecule has 0 bridgehead atoms. The first-order valence-electron chi connectivity index (χ1n) is 6.69. The monoisotopic (exact) mass is 358 g/mol. The van der Waals surface area contributed by atoms with Crippen LogP contribution in [0.15, 0.2) is 42.5 Å². The third-order valence-corrected chi connectivity index (χ3v) is 3.19. The van der Waals surface area contributed by atoms with Gasteiger partial charge in [-0.2, -0.15) is 0 Å². The zero-order chi connectivity index (χ0) is 15.9. The molecular weight excluding hydrogens is 342 g/mol. The van der Waals surface area contributed by atoms with Crippen molar-refractivity contribution in [2.45, 2.75) is 13.1 Å². The van der Waals surface area contributed by atoms with Crippen molar-refractivity contribution in [1.82, 2.24) is 5.32 Å². The first-order valence-corrected chi connectivity index (χ1v) is 7.07. The summed E-state index contributed by atoms with van der Waals surface area (Å²) in [5, 5.41) is 3.79. The Balaban J connectivity index is 0.00000264. The standard InChI is InChI=1S/C16H16ClFN2O2.ClH/c17-13-3-6-15(22-10-16(19)21)12(7-13)9-20-8-11-1-4-14(18)5-2-11;/h1-7,20H,8-10H2,(H2,19,21);1H. The summed E-state index contributed by atoms with van der Waals surface area (Å²) in [7, 11) is 0. The van der Waals surface area contributed by atoms with Crippen LogP contribution in [0.4, 0.5) is 4.39 Å². The maximum absolute atomic E-state index is 12.8. The molecule has 124 valence electrons. The highest BCUT2D eigenvalue weighted by molar-refractivity contribution is 6.30. The van der Waals surface area contributed by atoms with Crippen LogP contribution >= 0.6 is 24.0 Å². The van der Waals surface area contributed by atoms with E-state index in [0.29, 0.717) is 23.9 Å². The second-order valence-electron chi connectivity index (χ2n) is 4.74. The van der Waals surface area contributed by atoms with Crippen LogP contribution in [0, 0.1) is 5.82 Å². The van der Waals surface area contributed by atoms with Crippen molar-refractivity contribution >= 4 is 29.9 Å². The molecule has 0 saturated heterocycles. The number of nitrogens with one attached hydrogen (secondary N) is 1. The van der Waals surface area contributed by atoms with Crippen LogP contribution in [0.2, 0.25) is 5.02 Å². The van der Waals surface area contributed by atoms with Crippen LogP contribution in [-0.4, -0.2) is 12.5 Å². The van der Waals surface area contributed by atoms with Crippen molar-refractivity contribution in [2.75, 3.05) is 6.61 Å². The minimum Gasteiger partial charge on any atom is -0.483 e. The molecule has 2 aromatic rings. The minimum absolute atomic E-state index is 0. The Hall–Kier alpha value is -1.82. The zero-order valence-electron chi connectivity index (χ0n) is 12.2. The number of carbonyl (C=O) groups is 1. The second-order valence-corrected chi connectivity index (χ2v) is 5.17. The lowest BCUT2D eigenvalue weighted by atomic mass is 10.2. The fourth-order valence-corrected chi connectivity index (χ4v) is 2.11. The Bertz CT molecular complexity index is 651. The molecule has 0 atom stereocenters. The van der Waals surface area contributed by atoms with Crippen LogP contribution in [0.3, 0.4) is 0 Å². The molecule has 2 rings (SSSR count). The fourth-order valence-electron chi connectivity index (χ4n) is 1.92. The number of benzene rings is 2. The van der Waals surface area contributed by atoms with E-state index in [0.717, 1.165) is 11.1 Å². The Morgan fingerprint density at radius 3 is 2.52 bits per heavy atom. The molecule has 3 N–H and O–H groups in total. The predicted octanol–water partition coefficient (Wildman–Crippen LogP) is 3.05. The van der Waals surface area contributed by atoms with Crippen molar-refractivity contribution in [2.24, 2.45) is 5.73 Å². The Kier molecular flexibility index (Phi) is 7.81. The molecule has 0 fully saturated rings. The lowest BCUT2D eigenvalue weighted by molar-refractivity contribution is -0.119. The maximum Gasteiger partial charge on any atom is 0.255 e. The number of rotatable bonds is 7. The van der Waals surface area contributed by atoms with Crippen LogP contribution in [-0.2, 0) is 17.9 Å². The minimum atomic E-state index is -0.542. The average molecular weight is 359 g/mol. The van der Waals surface area contributed by atoms with Gasteiger partial charge in [0.2, 0.25) is 0 Å². The molecule has 0 spiro atoms. The van der Waals surface area contributed by atoms with E-state index in [1.54, 1.807) is 30.3 Å². The topological polar surface area (TPSA) is 64.4 Å². The zero-order valence-corrected chi connectivity index (χ0v) is 13.8. The second kappa shape index (κ2) is 9.35. The van der Waals surface area contributed by atoms with Crippen LogP contribution in [0.25, 0.3) is 0 Å². The van der Waals surface area contributed by atoms with E-state index >= 15 is 0 Å². The van der Waals surface area contributed by atoms with E-state index in [9.17, 15) is 9.18 Å². The summed E-state index contributed by atoms with van der Waals surface area (Å²) in [6.45, 7) is 0.876. The smallest absolute Gasteiger partial charge is 0.255 e. The van der Waals surface area contributed by atoms with Crippen LogP contribution in [0.5, 0.6) is 5.75 Å². The summed E-state index contributed by atoms with van der Waals surface area (Å²) in [5.74, 6) is -0.254. The molecule has 0 aliphatic heterocycles. The summed E-state index contributed by atoms with van der Waals surface area (Å²) in [4.78, 5) is 10.8. The van der Waals surface area contributed by atoms with Gasteiger partial charge in [0.25, 0.3) is 5.91 Å². The highest BCUT2D eigenvalue weighted by Crippen LogP contribution is 2.23. The van der Waals surface area contributed by atoms with E-state index in [1.807, 2.05) is 0 Å². The van der Waals surface area contributed by atoms with Crippen molar-refractivity contribution in [3.05, 3.63) is 64.4 Å². The van der Waals surface area contributed by atoms with E-state index in [1.165, 1.54) is 12.1 Å². The summed E-state index contributed by atoms with van der Waals surface area (Å²) in [6.07, 6.45) is 0. The quantitative estimate of drug-likeness (QED) is 0.799. The molecule has 0 aliphatic rings. The molecule has 0 radical (unpaired) electrons. The van der Waals surface area contributed by atoms with Gasteiger partial charge in [-0.1, -0.05) is 23.7 Å². The lowest BCUT2D eigenvalue weighted by Crippen LogP contribution is -2.21. The van der Waals surface area contributed by atoms with Gasteiger partial charge in [-0.15, -0.1) is 12.4 Å².